The fourth-order valence-electron chi connectivity index (χ4n) is 1.77. The van der Waals surface area contributed by atoms with Crippen LogP contribution in [0.1, 0.15) is 32.3 Å². The van der Waals surface area contributed by atoms with E-state index in [1.54, 1.807) is 0 Å². The third-order valence-electron chi connectivity index (χ3n) is 2.77. The fourth-order valence-corrected chi connectivity index (χ4v) is 1.77. The highest BCUT2D eigenvalue weighted by atomic mass is 16.5. The van der Waals surface area contributed by atoms with Crippen molar-refractivity contribution in [2.75, 3.05) is 19.8 Å². The topological polar surface area (TPSA) is 21.3 Å². The molecule has 0 spiro atoms. The van der Waals surface area contributed by atoms with Crippen LogP contribution < -0.4 is 5.32 Å². The Morgan fingerprint density at radius 2 is 1.94 bits per heavy atom. The summed E-state index contributed by atoms with van der Waals surface area (Å²) in [5, 5.41) is 3.48. The molecule has 0 aliphatic heterocycles. The van der Waals surface area contributed by atoms with Crippen LogP contribution in [0.3, 0.4) is 0 Å². The van der Waals surface area contributed by atoms with Crippen LogP contribution in [0.2, 0.25) is 0 Å². The minimum Gasteiger partial charge on any atom is -0.380 e. The summed E-state index contributed by atoms with van der Waals surface area (Å²) < 4.78 is 5.51. The molecular formula is C15H25NO. The summed E-state index contributed by atoms with van der Waals surface area (Å²) in [5.41, 5.74) is 1.39. The molecule has 0 saturated heterocycles. The third kappa shape index (κ3) is 7.14. The number of benzene rings is 1. The molecule has 1 aromatic carbocycles. The molecule has 1 aromatic rings. The molecule has 0 aliphatic carbocycles. The predicted molar refractivity (Wildman–Crippen MR) is 73.3 cm³/mol. The Kier molecular flexibility index (Phi) is 7.69. The highest BCUT2D eigenvalue weighted by molar-refractivity contribution is 5.15. The van der Waals surface area contributed by atoms with Crippen LogP contribution in [-0.4, -0.2) is 25.8 Å². The van der Waals surface area contributed by atoms with E-state index in [-0.39, 0.29) is 0 Å². The zero-order valence-electron chi connectivity index (χ0n) is 11.1. The number of rotatable bonds is 9. The van der Waals surface area contributed by atoms with Crippen LogP contribution in [0.25, 0.3) is 0 Å². The minimum absolute atomic E-state index is 0.507. The van der Waals surface area contributed by atoms with Crippen molar-refractivity contribution in [2.24, 2.45) is 0 Å². The standard InChI is InChI=1S/C15H25NO/c1-3-4-11-17-12-10-16-14(2)13-15-8-6-5-7-9-15/h5-9,14,16H,3-4,10-13H2,1-2H3. The Balaban J connectivity index is 2.03. The van der Waals surface area contributed by atoms with Gasteiger partial charge in [0.1, 0.15) is 0 Å². The SMILES string of the molecule is CCCCOCCNC(C)Cc1ccccc1. The van der Waals surface area contributed by atoms with E-state index >= 15 is 0 Å². The monoisotopic (exact) mass is 235 g/mol. The molecule has 1 unspecified atom stereocenters. The molecule has 0 radical (unpaired) electrons. The molecule has 0 fully saturated rings. The van der Waals surface area contributed by atoms with E-state index in [2.05, 4.69) is 49.5 Å². The fraction of sp³-hybridized carbons (Fsp3) is 0.600. The molecule has 0 bridgehead atoms. The zero-order chi connectivity index (χ0) is 12.3. The van der Waals surface area contributed by atoms with Gasteiger partial charge in [0, 0.05) is 19.2 Å². The molecule has 0 aliphatic rings. The molecule has 0 heterocycles. The number of hydrogen-bond acceptors (Lipinski definition) is 2. The number of ether oxygens (including phenoxy) is 1. The molecule has 0 saturated carbocycles. The molecule has 1 atom stereocenters. The lowest BCUT2D eigenvalue weighted by atomic mass is 10.1. The summed E-state index contributed by atoms with van der Waals surface area (Å²) in [6.07, 6.45) is 3.45. The predicted octanol–water partition coefficient (Wildman–Crippen LogP) is 3.02. The van der Waals surface area contributed by atoms with Gasteiger partial charge in [0.05, 0.1) is 6.61 Å². The van der Waals surface area contributed by atoms with Crippen molar-refractivity contribution in [3.8, 4) is 0 Å². The van der Waals surface area contributed by atoms with Crippen LogP contribution in [0.15, 0.2) is 30.3 Å². The lowest BCUT2D eigenvalue weighted by Crippen LogP contribution is -2.31. The van der Waals surface area contributed by atoms with Gasteiger partial charge in [-0.15, -0.1) is 0 Å². The molecular weight excluding hydrogens is 210 g/mol. The van der Waals surface area contributed by atoms with Crippen molar-refractivity contribution in [2.45, 2.75) is 39.2 Å². The Bertz CT molecular complexity index is 274. The van der Waals surface area contributed by atoms with Crippen molar-refractivity contribution < 1.29 is 4.74 Å². The van der Waals surface area contributed by atoms with E-state index in [9.17, 15) is 0 Å². The first-order valence-corrected chi connectivity index (χ1v) is 6.68. The van der Waals surface area contributed by atoms with Gasteiger partial charge in [0.2, 0.25) is 0 Å². The second kappa shape index (κ2) is 9.20. The maximum atomic E-state index is 5.51. The van der Waals surface area contributed by atoms with E-state index in [4.69, 9.17) is 4.74 Å². The molecule has 1 N–H and O–H groups in total. The lowest BCUT2D eigenvalue weighted by Gasteiger charge is -2.13. The summed E-state index contributed by atoms with van der Waals surface area (Å²) in [6, 6.07) is 11.1. The quantitative estimate of drug-likeness (QED) is 0.664. The molecule has 17 heavy (non-hydrogen) atoms. The molecule has 2 nitrogen and oxygen atoms in total. The van der Waals surface area contributed by atoms with Crippen molar-refractivity contribution >= 4 is 0 Å². The average Bonchev–Trinajstić information content (AvgIpc) is 2.35. The summed E-state index contributed by atoms with van der Waals surface area (Å²) in [4.78, 5) is 0. The Hall–Kier alpha value is -0.860. The summed E-state index contributed by atoms with van der Waals surface area (Å²) in [6.45, 7) is 7.06. The van der Waals surface area contributed by atoms with Crippen molar-refractivity contribution in [1.82, 2.24) is 5.32 Å². The van der Waals surface area contributed by atoms with Crippen molar-refractivity contribution in [3.05, 3.63) is 35.9 Å². The van der Waals surface area contributed by atoms with Gasteiger partial charge in [-0.05, 0) is 25.3 Å². The minimum atomic E-state index is 0.507. The van der Waals surface area contributed by atoms with Gasteiger partial charge in [-0.25, -0.2) is 0 Å². The second-order valence-electron chi connectivity index (χ2n) is 4.51. The third-order valence-corrected chi connectivity index (χ3v) is 2.77. The highest BCUT2D eigenvalue weighted by Crippen LogP contribution is 2.02. The van der Waals surface area contributed by atoms with Crippen LogP contribution in [0.4, 0.5) is 0 Å². The average molecular weight is 235 g/mol. The maximum absolute atomic E-state index is 5.51. The van der Waals surface area contributed by atoms with Crippen LogP contribution >= 0.6 is 0 Å². The molecule has 1 rings (SSSR count). The first-order valence-electron chi connectivity index (χ1n) is 6.68. The number of nitrogens with one attached hydrogen (secondary N) is 1. The van der Waals surface area contributed by atoms with E-state index in [1.165, 1.54) is 18.4 Å². The number of unbranched alkanes of at least 4 members (excludes halogenated alkanes) is 1. The largest absolute Gasteiger partial charge is 0.380 e. The van der Waals surface area contributed by atoms with E-state index in [1.807, 2.05) is 0 Å². The van der Waals surface area contributed by atoms with Gasteiger partial charge in [0.25, 0.3) is 0 Å². The number of hydrogen-bond donors (Lipinski definition) is 1. The van der Waals surface area contributed by atoms with Crippen LogP contribution in [-0.2, 0) is 11.2 Å². The Morgan fingerprint density at radius 1 is 1.18 bits per heavy atom. The van der Waals surface area contributed by atoms with Gasteiger partial charge in [-0.1, -0.05) is 43.7 Å². The van der Waals surface area contributed by atoms with E-state index in [0.717, 1.165) is 26.2 Å². The van der Waals surface area contributed by atoms with Gasteiger partial charge < -0.3 is 10.1 Å². The molecule has 96 valence electrons. The van der Waals surface area contributed by atoms with Gasteiger partial charge in [-0.3, -0.25) is 0 Å². The van der Waals surface area contributed by atoms with Gasteiger partial charge in [0.15, 0.2) is 0 Å². The van der Waals surface area contributed by atoms with E-state index < -0.39 is 0 Å². The lowest BCUT2D eigenvalue weighted by molar-refractivity contribution is 0.131. The van der Waals surface area contributed by atoms with Gasteiger partial charge >= 0.3 is 0 Å². The van der Waals surface area contributed by atoms with Crippen LogP contribution in [0, 0.1) is 0 Å². The highest BCUT2D eigenvalue weighted by Gasteiger charge is 2.01. The maximum Gasteiger partial charge on any atom is 0.0591 e. The second-order valence-corrected chi connectivity index (χ2v) is 4.51. The molecule has 2 heteroatoms. The Morgan fingerprint density at radius 3 is 2.65 bits per heavy atom. The Labute approximate surface area is 105 Å². The summed E-state index contributed by atoms with van der Waals surface area (Å²) >= 11 is 0. The van der Waals surface area contributed by atoms with Crippen molar-refractivity contribution in [1.29, 1.82) is 0 Å². The van der Waals surface area contributed by atoms with Crippen LogP contribution in [0.5, 0.6) is 0 Å². The normalized spacial score (nSPS) is 12.6. The van der Waals surface area contributed by atoms with Crippen molar-refractivity contribution in [3.63, 3.8) is 0 Å². The van der Waals surface area contributed by atoms with Gasteiger partial charge in [-0.2, -0.15) is 0 Å². The molecule has 0 aromatic heterocycles. The first kappa shape index (κ1) is 14.2. The summed E-state index contributed by atoms with van der Waals surface area (Å²) in [7, 11) is 0. The molecule has 0 amide bonds. The van der Waals surface area contributed by atoms with E-state index in [0.29, 0.717) is 6.04 Å². The zero-order valence-corrected chi connectivity index (χ0v) is 11.1. The first-order chi connectivity index (χ1) is 8.33. The summed E-state index contributed by atoms with van der Waals surface area (Å²) in [5.74, 6) is 0. The smallest absolute Gasteiger partial charge is 0.0591 e.